The molecule has 8 heteroatoms. The highest BCUT2D eigenvalue weighted by Gasteiger charge is 2.25. The standard InChI is InChI=1S/C23H26N6O2/c1-16-6-8-18(9-7-16)25-20-15-17(2)24-23(26-20)29-13-11-28(12-14-29)22(31)19-5-4-10-27(3)21(19)30/h4-10,15H,11-14H2,1-3H3,(H,24,25,26). The number of pyridine rings is 1. The number of rotatable bonds is 4. The van der Waals surface area contributed by atoms with Crippen molar-refractivity contribution in [2.24, 2.45) is 7.05 Å². The molecule has 0 unspecified atom stereocenters. The Hall–Kier alpha value is -3.68. The van der Waals surface area contributed by atoms with Crippen molar-refractivity contribution in [3.05, 3.63) is 75.8 Å². The van der Waals surface area contributed by atoms with Gasteiger partial charge >= 0.3 is 0 Å². The molecule has 1 aliphatic heterocycles. The van der Waals surface area contributed by atoms with Gasteiger partial charge in [-0.2, -0.15) is 4.98 Å². The quantitative estimate of drug-likeness (QED) is 0.701. The number of piperazine rings is 1. The first-order valence-electron chi connectivity index (χ1n) is 10.3. The summed E-state index contributed by atoms with van der Waals surface area (Å²) < 4.78 is 1.42. The van der Waals surface area contributed by atoms with E-state index in [4.69, 9.17) is 0 Å². The summed E-state index contributed by atoms with van der Waals surface area (Å²) in [5.74, 6) is 1.14. The summed E-state index contributed by atoms with van der Waals surface area (Å²) >= 11 is 0. The van der Waals surface area contributed by atoms with Gasteiger partial charge in [-0.25, -0.2) is 4.98 Å². The Bertz CT molecular complexity index is 1150. The smallest absolute Gasteiger partial charge is 0.263 e. The molecule has 1 aliphatic rings. The Morgan fingerprint density at radius 1 is 1.00 bits per heavy atom. The van der Waals surface area contributed by atoms with Gasteiger partial charge in [0.2, 0.25) is 5.95 Å². The van der Waals surface area contributed by atoms with Crippen LogP contribution < -0.4 is 15.8 Å². The van der Waals surface area contributed by atoms with E-state index in [2.05, 4.69) is 27.1 Å². The average molecular weight is 419 g/mol. The number of hydrogen-bond donors (Lipinski definition) is 1. The average Bonchev–Trinajstić information content (AvgIpc) is 2.76. The predicted octanol–water partition coefficient (Wildman–Crippen LogP) is 2.50. The van der Waals surface area contributed by atoms with Crippen molar-refractivity contribution in [2.75, 3.05) is 36.4 Å². The highest BCUT2D eigenvalue weighted by atomic mass is 16.2. The van der Waals surface area contributed by atoms with E-state index in [9.17, 15) is 9.59 Å². The Balaban J connectivity index is 1.45. The van der Waals surface area contributed by atoms with E-state index >= 15 is 0 Å². The second-order valence-corrected chi connectivity index (χ2v) is 7.80. The molecule has 0 radical (unpaired) electrons. The van der Waals surface area contributed by atoms with E-state index < -0.39 is 0 Å². The van der Waals surface area contributed by atoms with E-state index in [-0.39, 0.29) is 17.0 Å². The van der Waals surface area contributed by atoms with E-state index in [1.807, 2.05) is 37.3 Å². The van der Waals surface area contributed by atoms with Crippen LogP contribution in [0.5, 0.6) is 0 Å². The third kappa shape index (κ3) is 4.58. The first-order chi connectivity index (χ1) is 14.9. The minimum Gasteiger partial charge on any atom is -0.340 e. The molecule has 1 fully saturated rings. The lowest BCUT2D eigenvalue weighted by Crippen LogP contribution is -2.50. The molecule has 1 N–H and O–H groups in total. The number of nitrogens with zero attached hydrogens (tertiary/aromatic N) is 5. The van der Waals surface area contributed by atoms with E-state index in [1.54, 1.807) is 30.3 Å². The van der Waals surface area contributed by atoms with E-state index in [0.717, 1.165) is 17.2 Å². The normalized spacial score (nSPS) is 13.9. The van der Waals surface area contributed by atoms with Crippen LogP contribution in [0.1, 0.15) is 21.6 Å². The van der Waals surface area contributed by atoms with Gasteiger partial charge in [-0.1, -0.05) is 17.7 Å². The number of carbonyl (C=O) groups is 1. The zero-order valence-corrected chi connectivity index (χ0v) is 18.0. The maximum absolute atomic E-state index is 12.8. The number of aryl methyl sites for hydroxylation is 3. The van der Waals surface area contributed by atoms with Crippen LogP contribution in [0.25, 0.3) is 0 Å². The maximum Gasteiger partial charge on any atom is 0.263 e. The van der Waals surface area contributed by atoms with Crippen LogP contribution in [0, 0.1) is 13.8 Å². The number of hydrogen-bond acceptors (Lipinski definition) is 6. The second-order valence-electron chi connectivity index (χ2n) is 7.80. The SMILES string of the molecule is Cc1ccc(Nc2cc(C)nc(N3CCN(C(=O)c4cccn(C)c4=O)CC3)n2)cc1. The monoisotopic (exact) mass is 418 g/mol. The first kappa shape index (κ1) is 20.6. The third-order valence-corrected chi connectivity index (χ3v) is 5.37. The number of carbonyl (C=O) groups excluding carboxylic acids is 1. The van der Waals surface area contributed by atoms with Gasteiger partial charge in [-0.15, -0.1) is 0 Å². The van der Waals surface area contributed by atoms with Crippen molar-refractivity contribution in [1.82, 2.24) is 19.4 Å². The van der Waals surface area contributed by atoms with Gasteiger partial charge in [0.1, 0.15) is 11.4 Å². The summed E-state index contributed by atoms with van der Waals surface area (Å²) in [5, 5.41) is 3.33. The van der Waals surface area contributed by atoms with Crippen LogP contribution in [0.2, 0.25) is 0 Å². The lowest BCUT2D eigenvalue weighted by atomic mass is 10.2. The van der Waals surface area contributed by atoms with Crippen LogP contribution >= 0.6 is 0 Å². The molecule has 1 aromatic carbocycles. The van der Waals surface area contributed by atoms with Crippen molar-refractivity contribution < 1.29 is 4.79 Å². The molecule has 160 valence electrons. The number of benzene rings is 1. The summed E-state index contributed by atoms with van der Waals surface area (Å²) in [6, 6.07) is 13.3. The lowest BCUT2D eigenvalue weighted by molar-refractivity contribution is 0.0744. The van der Waals surface area contributed by atoms with E-state index in [0.29, 0.717) is 32.1 Å². The molecule has 3 aromatic rings. The summed E-state index contributed by atoms with van der Waals surface area (Å²) in [6.45, 7) is 6.22. The predicted molar refractivity (Wildman–Crippen MR) is 121 cm³/mol. The second kappa shape index (κ2) is 8.59. The summed E-state index contributed by atoms with van der Waals surface area (Å²) in [5.41, 5.74) is 2.96. The molecule has 2 aromatic heterocycles. The van der Waals surface area contributed by atoms with Gasteiger partial charge in [0.05, 0.1) is 0 Å². The van der Waals surface area contributed by atoms with Gasteiger partial charge in [0.25, 0.3) is 11.5 Å². The van der Waals surface area contributed by atoms with Crippen LogP contribution in [-0.4, -0.2) is 51.5 Å². The van der Waals surface area contributed by atoms with Crippen molar-refractivity contribution in [3.63, 3.8) is 0 Å². The summed E-state index contributed by atoms with van der Waals surface area (Å²) in [6.07, 6.45) is 1.65. The molecule has 3 heterocycles. The highest BCUT2D eigenvalue weighted by Crippen LogP contribution is 2.20. The summed E-state index contributed by atoms with van der Waals surface area (Å²) in [7, 11) is 1.65. The fourth-order valence-electron chi connectivity index (χ4n) is 3.58. The molecule has 8 nitrogen and oxygen atoms in total. The molecule has 0 aliphatic carbocycles. The topological polar surface area (TPSA) is 83.4 Å². The van der Waals surface area contributed by atoms with Gasteiger partial charge in [-0.05, 0) is 38.1 Å². The maximum atomic E-state index is 12.8. The molecule has 0 bridgehead atoms. The fourth-order valence-corrected chi connectivity index (χ4v) is 3.58. The summed E-state index contributed by atoms with van der Waals surface area (Å²) in [4.78, 5) is 38.1. The van der Waals surface area contributed by atoms with Crippen molar-refractivity contribution in [3.8, 4) is 0 Å². The number of anilines is 3. The lowest BCUT2D eigenvalue weighted by Gasteiger charge is -2.34. The Morgan fingerprint density at radius 2 is 1.71 bits per heavy atom. The van der Waals surface area contributed by atoms with Crippen molar-refractivity contribution in [1.29, 1.82) is 0 Å². The number of aromatic nitrogens is 3. The van der Waals surface area contributed by atoms with E-state index in [1.165, 1.54) is 10.1 Å². The molecule has 1 saturated heterocycles. The molecule has 4 rings (SSSR count). The third-order valence-electron chi connectivity index (χ3n) is 5.37. The molecular weight excluding hydrogens is 392 g/mol. The largest absolute Gasteiger partial charge is 0.340 e. The van der Waals surface area contributed by atoms with Crippen LogP contribution in [0.4, 0.5) is 17.5 Å². The fraction of sp³-hybridized carbons (Fsp3) is 0.304. The van der Waals surface area contributed by atoms with Gasteiger partial charge in [-0.3, -0.25) is 9.59 Å². The number of amides is 1. The van der Waals surface area contributed by atoms with Gasteiger partial charge in [0, 0.05) is 56.9 Å². The van der Waals surface area contributed by atoms with Gasteiger partial charge < -0.3 is 19.7 Å². The van der Waals surface area contributed by atoms with Crippen LogP contribution in [0.15, 0.2) is 53.5 Å². The van der Waals surface area contributed by atoms with Crippen molar-refractivity contribution >= 4 is 23.4 Å². The highest BCUT2D eigenvalue weighted by molar-refractivity contribution is 5.94. The Morgan fingerprint density at radius 3 is 2.42 bits per heavy atom. The van der Waals surface area contributed by atoms with Crippen LogP contribution in [-0.2, 0) is 7.05 Å². The number of nitrogens with one attached hydrogen (secondary N) is 1. The van der Waals surface area contributed by atoms with Gasteiger partial charge in [0.15, 0.2) is 0 Å². The Labute approximate surface area is 181 Å². The zero-order valence-electron chi connectivity index (χ0n) is 18.0. The molecular formula is C23H26N6O2. The minimum absolute atomic E-state index is 0.204. The van der Waals surface area contributed by atoms with Crippen molar-refractivity contribution in [2.45, 2.75) is 13.8 Å². The molecule has 1 amide bonds. The molecule has 31 heavy (non-hydrogen) atoms. The zero-order chi connectivity index (χ0) is 22.0. The minimum atomic E-state index is -0.274. The molecule has 0 spiro atoms. The first-order valence-corrected chi connectivity index (χ1v) is 10.3. The Kier molecular flexibility index (Phi) is 5.70. The molecule has 0 saturated carbocycles. The molecule has 0 atom stereocenters. The van der Waals surface area contributed by atoms with Crippen LogP contribution in [0.3, 0.4) is 0 Å².